The summed E-state index contributed by atoms with van der Waals surface area (Å²) in [5.41, 5.74) is 1.12. The van der Waals surface area contributed by atoms with Crippen LogP contribution in [0.25, 0.3) is 0 Å². The molecule has 1 aromatic carbocycles. The summed E-state index contributed by atoms with van der Waals surface area (Å²) in [6.45, 7) is 5.98. The molecule has 6 nitrogen and oxygen atoms in total. The van der Waals surface area contributed by atoms with Crippen LogP contribution < -0.4 is 14.4 Å². The van der Waals surface area contributed by atoms with Crippen LogP contribution in [0.1, 0.15) is 12.5 Å². The molecule has 142 valence electrons. The normalized spacial score (nSPS) is 19.2. The third-order valence-electron chi connectivity index (χ3n) is 5.14. The fourth-order valence-corrected chi connectivity index (χ4v) is 3.71. The molecule has 0 saturated carbocycles. The Labute approximate surface area is 159 Å². The van der Waals surface area contributed by atoms with Gasteiger partial charge >= 0.3 is 0 Å². The lowest BCUT2D eigenvalue weighted by molar-refractivity contribution is -0.137. The van der Waals surface area contributed by atoms with Gasteiger partial charge in [-0.05, 0) is 31.0 Å². The number of hydrogen-bond donors (Lipinski definition) is 0. The van der Waals surface area contributed by atoms with Crippen LogP contribution in [0.3, 0.4) is 0 Å². The van der Waals surface area contributed by atoms with Gasteiger partial charge in [0.2, 0.25) is 11.8 Å². The highest BCUT2D eigenvalue weighted by molar-refractivity contribution is 5.80. The third kappa shape index (κ3) is 3.84. The SMILES string of the molecule is CCOc1cccc(N2CCN(C(=O)C3COc4ccccc4C3)CC2)n1. The van der Waals surface area contributed by atoms with Crippen molar-refractivity contribution in [3.63, 3.8) is 0 Å². The number of nitrogens with zero attached hydrogens (tertiary/aromatic N) is 3. The molecule has 0 radical (unpaired) electrons. The van der Waals surface area contributed by atoms with E-state index >= 15 is 0 Å². The predicted octanol–water partition coefficient (Wildman–Crippen LogP) is 2.38. The summed E-state index contributed by atoms with van der Waals surface area (Å²) >= 11 is 0. The van der Waals surface area contributed by atoms with Crippen molar-refractivity contribution in [1.82, 2.24) is 9.88 Å². The highest BCUT2D eigenvalue weighted by atomic mass is 16.5. The number of benzene rings is 1. The average Bonchev–Trinajstić information content (AvgIpc) is 2.73. The molecule has 0 bridgehead atoms. The van der Waals surface area contributed by atoms with Crippen LogP contribution in [0, 0.1) is 5.92 Å². The second-order valence-corrected chi connectivity index (χ2v) is 6.90. The number of piperazine rings is 1. The van der Waals surface area contributed by atoms with Crippen molar-refractivity contribution in [2.24, 2.45) is 5.92 Å². The monoisotopic (exact) mass is 367 g/mol. The minimum atomic E-state index is -0.0918. The Morgan fingerprint density at radius 2 is 1.96 bits per heavy atom. The van der Waals surface area contributed by atoms with E-state index in [0.29, 0.717) is 32.2 Å². The summed E-state index contributed by atoms with van der Waals surface area (Å²) < 4.78 is 11.3. The number of ether oxygens (including phenoxy) is 2. The molecule has 0 aliphatic carbocycles. The molecule has 2 aliphatic heterocycles. The van der Waals surface area contributed by atoms with E-state index in [2.05, 4.69) is 9.88 Å². The van der Waals surface area contributed by atoms with Crippen molar-refractivity contribution in [1.29, 1.82) is 0 Å². The first-order valence-corrected chi connectivity index (χ1v) is 9.59. The first-order chi connectivity index (χ1) is 13.2. The number of carbonyl (C=O) groups excluding carboxylic acids is 1. The maximum absolute atomic E-state index is 12.9. The van der Waals surface area contributed by atoms with Crippen molar-refractivity contribution in [2.45, 2.75) is 13.3 Å². The van der Waals surface area contributed by atoms with E-state index in [1.165, 1.54) is 0 Å². The fourth-order valence-electron chi connectivity index (χ4n) is 3.71. The summed E-state index contributed by atoms with van der Waals surface area (Å²) in [6.07, 6.45) is 0.757. The van der Waals surface area contributed by atoms with Crippen molar-refractivity contribution in [3.8, 4) is 11.6 Å². The molecule has 2 aliphatic rings. The molecule has 6 heteroatoms. The van der Waals surface area contributed by atoms with Crippen LogP contribution in [0.2, 0.25) is 0 Å². The van der Waals surface area contributed by atoms with Crippen LogP contribution in [0.4, 0.5) is 5.82 Å². The number of rotatable bonds is 4. The molecule has 27 heavy (non-hydrogen) atoms. The number of carbonyl (C=O) groups is 1. The van der Waals surface area contributed by atoms with Gasteiger partial charge in [0.25, 0.3) is 0 Å². The van der Waals surface area contributed by atoms with E-state index in [0.717, 1.165) is 36.6 Å². The van der Waals surface area contributed by atoms with Gasteiger partial charge in [0.15, 0.2) is 0 Å². The zero-order chi connectivity index (χ0) is 18.6. The standard InChI is InChI=1S/C21H25N3O3/c1-2-26-20-9-5-8-19(22-20)23-10-12-24(13-11-23)21(25)17-14-16-6-3-4-7-18(16)27-15-17/h3-9,17H,2,10-15H2,1H3. The smallest absolute Gasteiger partial charge is 0.229 e. The first-order valence-electron chi connectivity index (χ1n) is 9.59. The topological polar surface area (TPSA) is 54.9 Å². The van der Waals surface area contributed by atoms with E-state index in [4.69, 9.17) is 9.47 Å². The van der Waals surface area contributed by atoms with Crippen LogP contribution >= 0.6 is 0 Å². The highest BCUT2D eigenvalue weighted by Gasteiger charge is 2.31. The van der Waals surface area contributed by atoms with Crippen LogP contribution in [-0.2, 0) is 11.2 Å². The summed E-state index contributed by atoms with van der Waals surface area (Å²) in [7, 11) is 0. The van der Waals surface area contributed by atoms with Crippen molar-refractivity contribution in [2.75, 3.05) is 44.3 Å². The van der Waals surface area contributed by atoms with E-state index < -0.39 is 0 Å². The van der Waals surface area contributed by atoms with Gasteiger partial charge in [0.05, 0.1) is 12.5 Å². The number of anilines is 1. The lowest BCUT2D eigenvalue weighted by Gasteiger charge is -2.37. The second-order valence-electron chi connectivity index (χ2n) is 6.90. The Hall–Kier alpha value is -2.76. The van der Waals surface area contributed by atoms with Gasteiger partial charge in [-0.25, -0.2) is 0 Å². The summed E-state index contributed by atoms with van der Waals surface area (Å²) in [5.74, 6) is 2.56. The van der Waals surface area contributed by atoms with Crippen LogP contribution in [0.5, 0.6) is 11.6 Å². The van der Waals surface area contributed by atoms with Gasteiger partial charge < -0.3 is 19.3 Å². The number of para-hydroxylation sites is 1. The summed E-state index contributed by atoms with van der Waals surface area (Å²) in [4.78, 5) is 21.7. The fraction of sp³-hybridized carbons (Fsp3) is 0.429. The zero-order valence-electron chi connectivity index (χ0n) is 15.6. The largest absolute Gasteiger partial charge is 0.492 e. The molecule has 3 heterocycles. The van der Waals surface area contributed by atoms with E-state index in [-0.39, 0.29) is 11.8 Å². The molecular formula is C21H25N3O3. The molecule has 1 atom stereocenters. The average molecular weight is 367 g/mol. The van der Waals surface area contributed by atoms with Gasteiger partial charge in [-0.2, -0.15) is 4.98 Å². The molecule has 2 aromatic rings. The molecule has 1 unspecified atom stereocenters. The number of amides is 1. The van der Waals surface area contributed by atoms with E-state index in [9.17, 15) is 4.79 Å². The zero-order valence-corrected chi connectivity index (χ0v) is 15.6. The Kier molecular flexibility index (Phi) is 5.14. The number of pyridine rings is 1. The maximum atomic E-state index is 12.9. The summed E-state index contributed by atoms with van der Waals surface area (Å²) in [5, 5.41) is 0. The molecule has 4 rings (SSSR count). The minimum Gasteiger partial charge on any atom is -0.492 e. The highest BCUT2D eigenvalue weighted by Crippen LogP contribution is 2.28. The molecule has 1 amide bonds. The number of hydrogen-bond acceptors (Lipinski definition) is 5. The maximum Gasteiger partial charge on any atom is 0.229 e. The lowest BCUT2D eigenvalue weighted by Crippen LogP contribution is -2.51. The first kappa shape index (κ1) is 17.6. The molecule has 0 spiro atoms. The predicted molar refractivity (Wildman–Crippen MR) is 103 cm³/mol. The van der Waals surface area contributed by atoms with E-state index in [1.54, 1.807) is 0 Å². The van der Waals surface area contributed by atoms with Gasteiger partial charge in [-0.15, -0.1) is 0 Å². The number of aromatic nitrogens is 1. The second kappa shape index (κ2) is 7.86. The van der Waals surface area contributed by atoms with Crippen LogP contribution in [-0.4, -0.2) is 55.2 Å². The lowest BCUT2D eigenvalue weighted by atomic mass is 9.95. The molecular weight excluding hydrogens is 342 g/mol. The number of fused-ring (bicyclic) bond motifs is 1. The molecule has 1 aromatic heterocycles. The third-order valence-corrected chi connectivity index (χ3v) is 5.14. The summed E-state index contributed by atoms with van der Waals surface area (Å²) in [6, 6.07) is 13.8. The minimum absolute atomic E-state index is 0.0918. The Bertz CT molecular complexity index is 803. The Morgan fingerprint density at radius 3 is 2.78 bits per heavy atom. The van der Waals surface area contributed by atoms with Crippen molar-refractivity contribution < 1.29 is 14.3 Å². The molecule has 1 saturated heterocycles. The van der Waals surface area contributed by atoms with Gasteiger partial charge in [0.1, 0.15) is 18.2 Å². The Balaban J connectivity index is 1.35. The van der Waals surface area contributed by atoms with Crippen molar-refractivity contribution in [3.05, 3.63) is 48.0 Å². The Morgan fingerprint density at radius 1 is 1.15 bits per heavy atom. The van der Waals surface area contributed by atoms with Gasteiger partial charge in [-0.1, -0.05) is 24.3 Å². The quantitative estimate of drug-likeness (QED) is 0.831. The van der Waals surface area contributed by atoms with E-state index in [1.807, 2.05) is 54.3 Å². The van der Waals surface area contributed by atoms with Gasteiger partial charge in [0, 0.05) is 32.2 Å². The van der Waals surface area contributed by atoms with Crippen LogP contribution in [0.15, 0.2) is 42.5 Å². The van der Waals surface area contributed by atoms with Gasteiger partial charge in [-0.3, -0.25) is 4.79 Å². The van der Waals surface area contributed by atoms with Crippen molar-refractivity contribution >= 4 is 11.7 Å². The molecule has 1 fully saturated rings. The molecule has 0 N–H and O–H groups in total.